The Bertz CT molecular complexity index is 355. The SMILES string of the molecule is CC(CNC(=O)[C@@H]1CC[C@H](C(=O)O)O1)N1CCCCC1. The van der Waals surface area contributed by atoms with Crippen molar-refractivity contribution >= 4 is 11.9 Å². The Hall–Kier alpha value is -1.14. The van der Waals surface area contributed by atoms with E-state index < -0.39 is 18.2 Å². The van der Waals surface area contributed by atoms with Crippen molar-refractivity contribution < 1.29 is 19.4 Å². The van der Waals surface area contributed by atoms with Gasteiger partial charge in [0.2, 0.25) is 5.91 Å². The molecule has 0 saturated carbocycles. The summed E-state index contributed by atoms with van der Waals surface area (Å²) in [7, 11) is 0. The number of rotatable bonds is 5. The quantitative estimate of drug-likeness (QED) is 0.773. The minimum Gasteiger partial charge on any atom is -0.479 e. The van der Waals surface area contributed by atoms with E-state index in [1.165, 1.54) is 19.3 Å². The van der Waals surface area contributed by atoms with E-state index in [1.54, 1.807) is 0 Å². The predicted molar refractivity (Wildman–Crippen MR) is 73.4 cm³/mol. The number of piperidine rings is 1. The van der Waals surface area contributed by atoms with Gasteiger partial charge >= 0.3 is 5.97 Å². The average molecular weight is 284 g/mol. The normalized spacial score (nSPS) is 29.1. The number of carboxylic acids is 1. The van der Waals surface area contributed by atoms with Crippen LogP contribution in [-0.4, -0.2) is 59.8 Å². The van der Waals surface area contributed by atoms with Crippen molar-refractivity contribution in [3.8, 4) is 0 Å². The van der Waals surface area contributed by atoms with Crippen molar-refractivity contribution in [3.05, 3.63) is 0 Å². The summed E-state index contributed by atoms with van der Waals surface area (Å²) in [5.41, 5.74) is 0. The molecule has 1 amide bonds. The number of ether oxygens (including phenoxy) is 1. The summed E-state index contributed by atoms with van der Waals surface area (Å²) < 4.78 is 5.24. The molecule has 3 atom stereocenters. The largest absolute Gasteiger partial charge is 0.479 e. The number of hydrogen-bond acceptors (Lipinski definition) is 4. The van der Waals surface area contributed by atoms with Crippen LogP contribution in [0.5, 0.6) is 0 Å². The maximum atomic E-state index is 12.0. The number of nitrogens with one attached hydrogen (secondary N) is 1. The van der Waals surface area contributed by atoms with Gasteiger partial charge in [-0.3, -0.25) is 9.69 Å². The zero-order valence-electron chi connectivity index (χ0n) is 12.0. The van der Waals surface area contributed by atoms with Crippen LogP contribution >= 0.6 is 0 Å². The van der Waals surface area contributed by atoms with Gasteiger partial charge in [-0.05, 0) is 45.7 Å². The molecule has 0 bridgehead atoms. The van der Waals surface area contributed by atoms with Gasteiger partial charge in [0, 0.05) is 12.6 Å². The molecule has 20 heavy (non-hydrogen) atoms. The summed E-state index contributed by atoms with van der Waals surface area (Å²) in [4.78, 5) is 25.1. The Morgan fingerprint density at radius 1 is 1.25 bits per heavy atom. The number of carbonyl (C=O) groups excluding carboxylic acids is 1. The van der Waals surface area contributed by atoms with Crippen LogP contribution in [0.2, 0.25) is 0 Å². The fraction of sp³-hybridized carbons (Fsp3) is 0.857. The molecule has 114 valence electrons. The van der Waals surface area contributed by atoms with E-state index in [-0.39, 0.29) is 5.91 Å². The fourth-order valence-electron chi connectivity index (χ4n) is 2.86. The van der Waals surface area contributed by atoms with Gasteiger partial charge in [0.25, 0.3) is 0 Å². The smallest absolute Gasteiger partial charge is 0.332 e. The van der Waals surface area contributed by atoms with Gasteiger partial charge in [0.05, 0.1) is 0 Å². The lowest BCUT2D eigenvalue weighted by molar-refractivity contribution is -0.151. The minimum atomic E-state index is -0.984. The van der Waals surface area contributed by atoms with E-state index >= 15 is 0 Å². The second-order valence-electron chi connectivity index (χ2n) is 5.72. The van der Waals surface area contributed by atoms with Crippen LogP contribution in [0.15, 0.2) is 0 Å². The number of aliphatic carboxylic acids is 1. The van der Waals surface area contributed by atoms with E-state index in [1.807, 2.05) is 0 Å². The van der Waals surface area contributed by atoms with Crippen LogP contribution in [-0.2, 0) is 14.3 Å². The first kappa shape index (κ1) is 15.3. The number of hydrogen-bond donors (Lipinski definition) is 2. The molecule has 2 N–H and O–H groups in total. The third-order valence-electron chi connectivity index (χ3n) is 4.17. The van der Waals surface area contributed by atoms with E-state index in [0.29, 0.717) is 25.4 Å². The molecule has 2 aliphatic heterocycles. The predicted octanol–water partition coefficient (Wildman–Crippen LogP) is 0.609. The number of amides is 1. The Kier molecular flexibility index (Phi) is 5.37. The second kappa shape index (κ2) is 7.04. The maximum absolute atomic E-state index is 12.0. The van der Waals surface area contributed by atoms with Crippen LogP contribution in [0, 0.1) is 0 Å². The third-order valence-corrected chi connectivity index (χ3v) is 4.17. The van der Waals surface area contributed by atoms with E-state index in [9.17, 15) is 9.59 Å². The topological polar surface area (TPSA) is 78.9 Å². The van der Waals surface area contributed by atoms with Gasteiger partial charge in [-0.1, -0.05) is 6.42 Å². The summed E-state index contributed by atoms with van der Waals surface area (Å²) >= 11 is 0. The van der Waals surface area contributed by atoms with Crippen LogP contribution in [0.3, 0.4) is 0 Å². The van der Waals surface area contributed by atoms with Crippen molar-refractivity contribution in [2.24, 2.45) is 0 Å². The highest BCUT2D eigenvalue weighted by atomic mass is 16.5. The fourth-order valence-corrected chi connectivity index (χ4v) is 2.86. The Labute approximate surface area is 119 Å². The lowest BCUT2D eigenvalue weighted by Gasteiger charge is -2.32. The summed E-state index contributed by atoms with van der Waals surface area (Å²) in [5, 5.41) is 11.7. The standard InChI is InChI=1S/C14H24N2O4/c1-10(16-7-3-2-4-8-16)9-15-13(17)11-5-6-12(20-11)14(18)19/h10-12H,2-9H2,1H3,(H,15,17)(H,18,19)/t10?,11-,12+/m0/s1. The first-order chi connectivity index (χ1) is 9.58. The monoisotopic (exact) mass is 284 g/mol. The highest BCUT2D eigenvalue weighted by Crippen LogP contribution is 2.20. The van der Waals surface area contributed by atoms with Gasteiger partial charge in [-0.15, -0.1) is 0 Å². The van der Waals surface area contributed by atoms with Crippen molar-refractivity contribution in [2.45, 2.75) is 57.3 Å². The molecule has 2 aliphatic rings. The molecule has 6 nitrogen and oxygen atoms in total. The number of nitrogens with zero attached hydrogens (tertiary/aromatic N) is 1. The first-order valence-corrected chi connectivity index (χ1v) is 7.48. The molecule has 0 aromatic heterocycles. The van der Waals surface area contributed by atoms with Crippen molar-refractivity contribution in [1.29, 1.82) is 0 Å². The molecule has 0 aromatic carbocycles. The molecule has 0 radical (unpaired) electrons. The van der Waals surface area contributed by atoms with Crippen molar-refractivity contribution in [2.75, 3.05) is 19.6 Å². The zero-order chi connectivity index (χ0) is 14.5. The number of carbonyl (C=O) groups is 2. The molecule has 2 rings (SSSR count). The molecule has 2 heterocycles. The van der Waals surface area contributed by atoms with E-state index in [0.717, 1.165) is 13.1 Å². The van der Waals surface area contributed by atoms with Crippen LogP contribution in [0.1, 0.15) is 39.0 Å². The number of likely N-dealkylation sites (tertiary alicyclic amines) is 1. The molecule has 0 aromatic rings. The van der Waals surface area contributed by atoms with Crippen LogP contribution in [0.25, 0.3) is 0 Å². The first-order valence-electron chi connectivity index (χ1n) is 7.48. The zero-order valence-corrected chi connectivity index (χ0v) is 12.0. The highest BCUT2D eigenvalue weighted by Gasteiger charge is 2.34. The summed E-state index contributed by atoms with van der Waals surface area (Å²) in [6.45, 7) is 4.90. The van der Waals surface area contributed by atoms with E-state index in [2.05, 4.69) is 17.1 Å². The van der Waals surface area contributed by atoms with Gasteiger partial charge in [0.1, 0.15) is 6.10 Å². The summed E-state index contributed by atoms with van der Waals surface area (Å²) in [6, 6.07) is 0.316. The van der Waals surface area contributed by atoms with Gasteiger partial charge in [-0.2, -0.15) is 0 Å². The molecular formula is C14H24N2O4. The second-order valence-corrected chi connectivity index (χ2v) is 5.72. The van der Waals surface area contributed by atoms with Gasteiger partial charge in [0.15, 0.2) is 6.10 Å². The van der Waals surface area contributed by atoms with E-state index in [4.69, 9.17) is 9.84 Å². The lowest BCUT2D eigenvalue weighted by Crippen LogP contribution is -2.46. The van der Waals surface area contributed by atoms with Crippen LogP contribution in [0.4, 0.5) is 0 Å². The average Bonchev–Trinajstić information content (AvgIpc) is 2.95. The summed E-state index contributed by atoms with van der Waals surface area (Å²) in [6.07, 6.45) is 3.21. The van der Waals surface area contributed by atoms with Gasteiger partial charge < -0.3 is 15.2 Å². The van der Waals surface area contributed by atoms with Crippen molar-refractivity contribution in [1.82, 2.24) is 10.2 Å². The van der Waals surface area contributed by atoms with Crippen LogP contribution < -0.4 is 5.32 Å². The van der Waals surface area contributed by atoms with Gasteiger partial charge in [-0.25, -0.2) is 4.79 Å². The Balaban J connectivity index is 1.71. The lowest BCUT2D eigenvalue weighted by atomic mass is 10.1. The summed E-state index contributed by atoms with van der Waals surface area (Å²) in [5.74, 6) is -1.17. The third kappa shape index (κ3) is 3.93. The van der Waals surface area contributed by atoms with Crippen molar-refractivity contribution in [3.63, 3.8) is 0 Å². The molecule has 2 saturated heterocycles. The Morgan fingerprint density at radius 3 is 2.50 bits per heavy atom. The highest BCUT2D eigenvalue weighted by molar-refractivity contribution is 5.82. The molecule has 2 fully saturated rings. The number of carboxylic acid groups (broad SMARTS) is 1. The Morgan fingerprint density at radius 2 is 1.90 bits per heavy atom. The molecule has 0 spiro atoms. The molecule has 1 unspecified atom stereocenters. The minimum absolute atomic E-state index is 0.183. The molecular weight excluding hydrogens is 260 g/mol. The maximum Gasteiger partial charge on any atom is 0.332 e. The molecule has 0 aliphatic carbocycles. The molecule has 6 heteroatoms.